The fraction of sp³-hybridized carbons (Fsp3) is 0.278. The lowest BCUT2D eigenvalue weighted by molar-refractivity contribution is 0.470. The minimum Gasteiger partial charge on any atom is -0.324 e. The molecule has 0 aliphatic carbocycles. The molecule has 0 radical (unpaired) electrons. The molecule has 0 unspecified atom stereocenters. The predicted molar refractivity (Wildman–Crippen MR) is 106 cm³/mol. The van der Waals surface area contributed by atoms with Crippen molar-refractivity contribution >= 4 is 50.2 Å². The van der Waals surface area contributed by atoms with Crippen molar-refractivity contribution in [1.82, 2.24) is 14.5 Å². The highest BCUT2D eigenvalue weighted by Crippen LogP contribution is 2.27. The third-order valence-electron chi connectivity index (χ3n) is 4.15. The molecule has 0 bridgehead atoms. The van der Waals surface area contributed by atoms with Gasteiger partial charge in [-0.2, -0.15) is 4.98 Å². The van der Waals surface area contributed by atoms with Gasteiger partial charge in [0.2, 0.25) is 5.95 Å². The highest BCUT2D eigenvalue weighted by molar-refractivity contribution is 9.10. The second kappa shape index (κ2) is 7.54. The number of hydrogen-bond donors (Lipinski definition) is 1. The van der Waals surface area contributed by atoms with Gasteiger partial charge in [0, 0.05) is 33.9 Å². The quantitative estimate of drug-likeness (QED) is 0.606. The van der Waals surface area contributed by atoms with Gasteiger partial charge in [0.15, 0.2) is 0 Å². The Labute approximate surface area is 159 Å². The first-order valence-corrected chi connectivity index (χ1v) is 9.31. The number of nitrogens with zero attached hydrogens (tertiary/aromatic N) is 3. The summed E-state index contributed by atoms with van der Waals surface area (Å²) in [5.74, 6) is 0.427. The summed E-state index contributed by atoms with van der Waals surface area (Å²) in [6.07, 6.45) is 3.46. The van der Waals surface area contributed by atoms with Crippen LogP contribution < -0.4 is 10.9 Å². The molecule has 7 heteroatoms. The molecule has 1 N–H and O–H groups in total. The van der Waals surface area contributed by atoms with E-state index in [4.69, 9.17) is 11.6 Å². The molecule has 0 amide bonds. The maximum Gasteiger partial charge on any atom is 0.252 e. The van der Waals surface area contributed by atoms with E-state index in [9.17, 15) is 4.79 Å². The van der Waals surface area contributed by atoms with E-state index < -0.39 is 0 Å². The number of benzene rings is 1. The van der Waals surface area contributed by atoms with Crippen molar-refractivity contribution in [2.45, 2.75) is 32.7 Å². The van der Waals surface area contributed by atoms with Gasteiger partial charge in [-0.3, -0.25) is 9.36 Å². The van der Waals surface area contributed by atoms with Crippen LogP contribution in [0.1, 0.15) is 32.7 Å². The van der Waals surface area contributed by atoms with Crippen molar-refractivity contribution in [3.05, 3.63) is 56.4 Å². The molecule has 3 rings (SSSR count). The fourth-order valence-electron chi connectivity index (χ4n) is 2.81. The van der Waals surface area contributed by atoms with Gasteiger partial charge in [0.1, 0.15) is 5.65 Å². The number of hydrogen-bond acceptors (Lipinski definition) is 4. The van der Waals surface area contributed by atoms with Crippen LogP contribution >= 0.6 is 27.5 Å². The van der Waals surface area contributed by atoms with Crippen molar-refractivity contribution < 1.29 is 0 Å². The first kappa shape index (κ1) is 17.9. The van der Waals surface area contributed by atoms with Gasteiger partial charge in [-0.15, -0.1) is 0 Å². The van der Waals surface area contributed by atoms with E-state index >= 15 is 0 Å². The van der Waals surface area contributed by atoms with Gasteiger partial charge in [-0.1, -0.05) is 25.4 Å². The van der Waals surface area contributed by atoms with Crippen LogP contribution in [0.4, 0.5) is 11.6 Å². The lowest BCUT2D eigenvalue weighted by Gasteiger charge is -2.18. The average molecular weight is 422 g/mol. The number of halogens is 2. The SMILES string of the molecule is CCC(CC)n1c(=O)ccc2cnc(Nc3ccc(Br)c(Cl)c3)nc21. The molecule has 1 aromatic carbocycles. The molecule has 0 saturated heterocycles. The molecule has 2 aromatic heterocycles. The summed E-state index contributed by atoms with van der Waals surface area (Å²) in [6, 6.07) is 8.97. The van der Waals surface area contributed by atoms with Crippen LogP contribution in [-0.2, 0) is 0 Å². The maximum atomic E-state index is 12.4. The van der Waals surface area contributed by atoms with Crippen LogP contribution in [0.25, 0.3) is 11.0 Å². The lowest BCUT2D eigenvalue weighted by atomic mass is 10.1. The third-order valence-corrected chi connectivity index (χ3v) is 5.38. The van der Waals surface area contributed by atoms with Gasteiger partial charge in [-0.25, -0.2) is 4.98 Å². The summed E-state index contributed by atoms with van der Waals surface area (Å²) in [4.78, 5) is 21.3. The topological polar surface area (TPSA) is 59.8 Å². The molecule has 3 aromatic rings. The van der Waals surface area contributed by atoms with Crippen molar-refractivity contribution in [3.8, 4) is 0 Å². The predicted octanol–water partition coefficient (Wildman–Crippen LogP) is 5.31. The number of fused-ring (bicyclic) bond motifs is 1. The summed E-state index contributed by atoms with van der Waals surface area (Å²) < 4.78 is 2.58. The van der Waals surface area contributed by atoms with Gasteiger partial charge < -0.3 is 5.32 Å². The molecule has 0 aliphatic rings. The fourth-order valence-corrected chi connectivity index (χ4v) is 3.24. The number of aromatic nitrogens is 3. The Hall–Kier alpha value is -1.92. The van der Waals surface area contributed by atoms with Gasteiger partial charge in [0.25, 0.3) is 5.56 Å². The first-order valence-electron chi connectivity index (χ1n) is 8.13. The molecule has 2 heterocycles. The van der Waals surface area contributed by atoms with Gasteiger partial charge in [0.05, 0.1) is 5.02 Å². The maximum absolute atomic E-state index is 12.4. The second-order valence-corrected chi connectivity index (χ2v) is 7.00. The minimum absolute atomic E-state index is 0.0439. The Balaban J connectivity index is 2.07. The van der Waals surface area contributed by atoms with Crippen molar-refractivity contribution in [2.75, 3.05) is 5.32 Å². The van der Waals surface area contributed by atoms with Crippen LogP contribution in [0.2, 0.25) is 5.02 Å². The Morgan fingerprint density at radius 3 is 2.68 bits per heavy atom. The van der Waals surface area contributed by atoms with Gasteiger partial charge in [-0.05, 0) is 53.0 Å². The number of nitrogens with one attached hydrogen (secondary N) is 1. The van der Waals surface area contributed by atoms with E-state index in [1.165, 1.54) is 0 Å². The summed E-state index contributed by atoms with van der Waals surface area (Å²) >= 11 is 9.49. The number of anilines is 2. The molecule has 130 valence electrons. The average Bonchev–Trinajstić information content (AvgIpc) is 2.61. The molecule has 0 spiro atoms. The van der Waals surface area contributed by atoms with Crippen molar-refractivity contribution in [2.24, 2.45) is 0 Å². The van der Waals surface area contributed by atoms with Crippen molar-refractivity contribution in [1.29, 1.82) is 0 Å². The minimum atomic E-state index is -0.0439. The number of rotatable bonds is 5. The summed E-state index contributed by atoms with van der Waals surface area (Å²) in [5.41, 5.74) is 1.37. The molecular weight excluding hydrogens is 404 g/mol. The zero-order valence-electron chi connectivity index (χ0n) is 14.0. The largest absolute Gasteiger partial charge is 0.324 e. The van der Waals surface area contributed by atoms with Crippen LogP contribution in [-0.4, -0.2) is 14.5 Å². The smallest absolute Gasteiger partial charge is 0.252 e. The number of pyridine rings is 1. The Morgan fingerprint density at radius 1 is 1.24 bits per heavy atom. The highest BCUT2D eigenvalue weighted by Gasteiger charge is 2.14. The second-order valence-electron chi connectivity index (χ2n) is 5.74. The zero-order valence-corrected chi connectivity index (χ0v) is 16.3. The van der Waals surface area contributed by atoms with Crippen molar-refractivity contribution in [3.63, 3.8) is 0 Å². The summed E-state index contributed by atoms with van der Waals surface area (Å²) in [7, 11) is 0. The molecule has 5 nitrogen and oxygen atoms in total. The van der Waals surface area contributed by atoms with Gasteiger partial charge >= 0.3 is 0 Å². The monoisotopic (exact) mass is 420 g/mol. The zero-order chi connectivity index (χ0) is 18.0. The van der Waals surface area contributed by atoms with E-state index in [2.05, 4.69) is 45.1 Å². The lowest BCUT2D eigenvalue weighted by Crippen LogP contribution is -2.24. The standard InChI is InChI=1S/C18H18BrClN4O/c1-3-13(4-2)24-16(25)8-5-11-10-21-18(23-17(11)24)22-12-6-7-14(19)15(20)9-12/h5-10,13H,3-4H2,1-2H3,(H,21,22,23). The molecule has 0 fully saturated rings. The van der Waals surface area contributed by atoms with E-state index in [0.29, 0.717) is 16.6 Å². The third kappa shape index (κ3) is 3.70. The Kier molecular flexibility index (Phi) is 5.39. The Bertz CT molecular complexity index is 969. The summed E-state index contributed by atoms with van der Waals surface area (Å²) in [6.45, 7) is 4.15. The molecule has 0 aliphatic heterocycles. The van der Waals surface area contributed by atoms with Crippen LogP contribution in [0, 0.1) is 0 Å². The van der Waals surface area contributed by atoms with Crippen LogP contribution in [0.5, 0.6) is 0 Å². The Morgan fingerprint density at radius 2 is 2.00 bits per heavy atom. The van der Waals surface area contributed by atoms with E-state index in [-0.39, 0.29) is 11.6 Å². The normalized spacial score (nSPS) is 11.2. The molecule has 0 saturated carbocycles. The van der Waals surface area contributed by atoms with Crippen LogP contribution in [0.3, 0.4) is 0 Å². The van der Waals surface area contributed by atoms with E-state index in [1.54, 1.807) is 29.0 Å². The van der Waals surface area contributed by atoms with E-state index in [0.717, 1.165) is 28.4 Å². The first-order chi connectivity index (χ1) is 12.0. The van der Waals surface area contributed by atoms with Crippen LogP contribution in [0.15, 0.2) is 45.8 Å². The highest BCUT2D eigenvalue weighted by atomic mass is 79.9. The molecule has 25 heavy (non-hydrogen) atoms. The molecular formula is C18H18BrClN4O. The van der Waals surface area contributed by atoms with E-state index in [1.807, 2.05) is 12.1 Å². The molecule has 0 atom stereocenters. The summed E-state index contributed by atoms with van der Waals surface area (Å²) in [5, 5.41) is 4.58.